The van der Waals surface area contributed by atoms with Crippen LogP contribution >= 0.6 is 0 Å². The van der Waals surface area contributed by atoms with Crippen molar-refractivity contribution in [1.29, 1.82) is 0 Å². The van der Waals surface area contributed by atoms with Crippen LogP contribution in [0.25, 0.3) is 11.1 Å². The molecule has 136 valence electrons. The summed E-state index contributed by atoms with van der Waals surface area (Å²) in [5.74, 6) is -3.15. The van der Waals surface area contributed by atoms with Crippen LogP contribution in [0.5, 0.6) is 0 Å². The highest BCUT2D eigenvalue weighted by Crippen LogP contribution is 2.39. The zero-order valence-electron chi connectivity index (χ0n) is 13.5. The second-order valence-electron chi connectivity index (χ2n) is 5.78. The number of hydrogen-bond donors (Lipinski definition) is 2. The monoisotopic (exact) mass is 365 g/mol. The van der Waals surface area contributed by atoms with Crippen molar-refractivity contribution in [3.63, 3.8) is 0 Å². The minimum atomic E-state index is -4.94. The Balaban J connectivity index is 1.79. The molecule has 0 saturated heterocycles. The zero-order valence-corrected chi connectivity index (χ0v) is 13.5. The fraction of sp³-hybridized carbons (Fsp3) is 0.235. The molecule has 2 heterocycles. The van der Waals surface area contributed by atoms with E-state index in [1.807, 2.05) is 0 Å². The van der Waals surface area contributed by atoms with Crippen molar-refractivity contribution in [2.24, 2.45) is 5.16 Å². The minimum absolute atomic E-state index is 0.00467. The molecule has 3 rings (SSSR count). The third-order valence-electron chi connectivity index (χ3n) is 3.77. The summed E-state index contributed by atoms with van der Waals surface area (Å²) >= 11 is 0. The number of amides is 1. The van der Waals surface area contributed by atoms with Crippen LogP contribution in [0.3, 0.4) is 0 Å². The van der Waals surface area contributed by atoms with E-state index < -0.39 is 18.4 Å². The number of aliphatic hydroxyl groups is 1. The number of carbonyl (C=O) groups is 1. The van der Waals surface area contributed by atoms with E-state index in [9.17, 15) is 23.1 Å². The van der Waals surface area contributed by atoms with Gasteiger partial charge in [-0.2, -0.15) is 13.2 Å². The molecule has 6 nitrogen and oxygen atoms in total. The molecule has 1 amide bonds. The Hall–Kier alpha value is -2.94. The smallest absolute Gasteiger partial charge is 0.350 e. The average molecular weight is 365 g/mol. The Kier molecular flexibility index (Phi) is 4.41. The molecule has 1 aromatic carbocycles. The molecule has 1 aromatic heterocycles. The van der Waals surface area contributed by atoms with Gasteiger partial charge < -0.3 is 15.3 Å². The maximum Gasteiger partial charge on any atom is 0.458 e. The third-order valence-corrected chi connectivity index (χ3v) is 3.77. The van der Waals surface area contributed by atoms with Gasteiger partial charge in [-0.05, 0) is 28.8 Å². The molecule has 0 bridgehead atoms. The summed E-state index contributed by atoms with van der Waals surface area (Å²) in [5, 5.41) is 15.4. The van der Waals surface area contributed by atoms with Crippen LogP contribution in [0, 0.1) is 0 Å². The Morgan fingerprint density at radius 2 is 1.85 bits per heavy atom. The predicted molar refractivity (Wildman–Crippen MR) is 87.2 cm³/mol. The van der Waals surface area contributed by atoms with Gasteiger partial charge in [0.2, 0.25) is 5.91 Å². The highest BCUT2D eigenvalue weighted by Gasteiger charge is 2.60. The summed E-state index contributed by atoms with van der Waals surface area (Å²) < 4.78 is 38.3. The quantitative estimate of drug-likeness (QED) is 0.876. The van der Waals surface area contributed by atoms with Crippen molar-refractivity contribution >= 4 is 17.4 Å². The van der Waals surface area contributed by atoms with Crippen molar-refractivity contribution in [1.82, 2.24) is 4.98 Å². The van der Waals surface area contributed by atoms with Gasteiger partial charge in [0, 0.05) is 13.1 Å². The number of oxime groups is 1. The maximum atomic E-state index is 12.8. The topological polar surface area (TPSA) is 83.8 Å². The van der Waals surface area contributed by atoms with E-state index in [2.05, 4.69) is 20.3 Å². The molecule has 2 N–H and O–H groups in total. The summed E-state index contributed by atoms with van der Waals surface area (Å²) in [6.07, 6.45) is -4.18. The molecule has 0 saturated carbocycles. The van der Waals surface area contributed by atoms with Crippen molar-refractivity contribution in [2.45, 2.75) is 25.3 Å². The van der Waals surface area contributed by atoms with Gasteiger partial charge in [-0.25, -0.2) is 4.98 Å². The Morgan fingerprint density at radius 1 is 1.19 bits per heavy atom. The highest BCUT2D eigenvalue weighted by molar-refractivity contribution is 6.01. The minimum Gasteiger partial charge on any atom is -0.350 e. The number of pyridine rings is 1. The molecular weight excluding hydrogens is 351 g/mol. The fourth-order valence-corrected chi connectivity index (χ4v) is 2.44. The SMILES string of the molecule is CC(=O)Nc1cc(-c2ccc(C3=NOC(O)(C(F)(F)F)C3)cc2)ccn1. The number of halogens is 3. The second-order valence-corrected chi connectivity index (χ2v) is 5.78. The molecule has 26 heavy (non-hydrogen) atoms. The van der Waals surface area contributed by atoms with Crippen LogP contribution in [0.2, 0.25) is 0 Å². The van der Waals surface area contributed by atoms with Gasteiger partial charge in [0.05, 0.1) is 12.1 Å². The van der Waals surface area contributed by atoms with Gasteiger partial charge in [0.15, 0.2) is 0 Å². The van der Waals surface area contributed by atoms with Gasteiger partial charge in [0.1, 0.15) is 5.82 Å². The number of nitrogens with one attached hydrogen (secondary N) is 1. The number of aromatic nitrogens is 1. The van der Waals surface area contributed by atoms with Crippen molar-refractivity contribution in [3.05, 3.63) is 48.2 Å². The van der Waals surface area contributed by atoms with Crippen LogP contribution in [0.15, 0.2) is 47.8 Å². The molecule has 0 aliphatic carbocycles. The third kappa shape index (κ3) is 3.52. The Labute approximate surface area is 146 Å². The molecule has 0 radical (unpaired) electrons. The highest BCUT2D eigenvalue weighted by atomic mass is 19.4. The standard InChI is InChI=1S/C17H14F3N3O3/c1-10(24)22-15-8-13(6-7-21-15)11-2-4-12(5-3-11)14-9-16(25,26-23-14)17(18,19)20/h2-8,25H,9H2,1H3,(H,21,22,24). The number of benzene rings is 1. The number of carbonyl (C=O) groups excluding carboxylic acids is 1. The summed E-state index contributed by atoms with van der Waals surface area (Å²) in [5.41, 5.74) is 1.95. The van der Waals surface area contributed by atoms with Crippen molar-refractivity contribution < 1.29 is 27.9 Å². The number of rotatable bonds is 3. The summed E-state index contributed by atoms with van der Waals surface area (Å²) in [4.78, 5) is 19.3. The van der Waals surface area contributed by atoms with Gasteiger partial charge >= 0.3 is 12.0 Å². The Bertz CT molecular complexity index is 866. The Morgan fingerprint density at radius 3 is 2.42 bits per heavy atom. The van der Waals surface area contributed by atoms with Crippen LogP contribution < -0.4 is 5.32 Å². The predicted octanol–water partition coefficient (Wildman–Crippen LogP) is 3.08. The van der Waals surface area contributed by atoms with E-state index in [4.69, 9.17) is 0 Å². The van der Waals surface area contributed by atoms with Crippen molar-refractivity contribution in [3.8, 4) is 11.1 Å². The van der Waals surface area contributed by atoms with Gasteiger partial charge in [0.25, 0.3) is 0 Å². The number of anilines is 1. The molecule has 1 aliphatic rings. The van der Waals surface area contributed by atoms with Crippen molar-refractivity contribution in [2.75, 3.05) is 5.32 Å². The lowest BCUT2D eigenvalue weighted by molar-refractivity contribution is -0.355. The molecule has 9 heteroatoms. The van der Waals surface area contributed by atoms with E-state index >= 15 is 0 Å². The maximum absolute atomic E-state index is 12.8. The summed E-state index contributed by atoms with van der Waals surface area (Å²) in [6, 6.07) is 9.95. The second kappa shape index (κ2) is 6.41. The fourth-order valence-electron chi connectivity index (χ4n) is 2.44. The van der Waals surface area contributed by atoms with Gasteiger partial charge in [-0.3, -0.25) is 4.79 Å². The van der Waals surface area contributed by atoms with Crippen LogP contribution in [0.4, 0.5) is 19.0 Å². The number of nitrogens with zero attached hydrogens (tertiary/aromatic N) is 2. The lowest BCUT2D eigenvalue weighted by Crippen LogP contribution is -2.45. The average Bonchev–Trinajstić information content (AvgIpc) is 2.98. The largest absolute Gasteiger partial charge is 0.458 e. The van der Waals surface area contributed by atoms with E-state index in [0.29, 0.717) is 11.4 Å². The lowest BCUT2D eigenvalue weighted by atomic mass is 9.99. The molecule has 2 aromatic rings. The lowest BCUT2D eigenvalue weighted by Gasteiger charge is -2.22. The molecule has 1 aliphatic heterocycles. The van der Waals surface area contributed by atoms with E-state index in [1.165, 1.54) is 13.1 Å². The van der Waals surface area contributed by atoms with E-state index in [-0.39, 0.29) is 11.6 Å². The van der Waals surface area contributed by atoms with Gasteiger partial charge in [-0.15, -0.1) is 0 Å². The van der Waals surface area contributed by atoms with Crippen LogP contribution in [-0.2, 0) is 9.63 Å². The first-order chi connectivity index (χ1) is 12.2. The molecule has 0 spiro atoms. The first kappa shape index (κ1) is 17.9. The first-order valence-corrected chi connectivity index (χ1v) is 7.56. The summed E-state index contributed by atoms with van der Waals surface area (Å²) in [6.45, 7) is 1.37. The molecule has 0 fully saturated rings. The first-order valence-electron chi connectivity index (χ1n) is 7.56. The van der Waals surface area contributed by atoms with E-state index in [1.54, 1.807) is 36.4 Å². The zero-order chi connectivity index (χ0) is 18.9. The summed E-state index contributed by atoms with van der Waals surface area (Å²) in [7, 11) is 0. The molecule has 1 unspecified atom stereocenters. The number of hydrogen-bond acceptors (Lipinski definition) is 5. The number of alkyl halides is 3. The van der Waals surface area contributed by atoms with Gasteiger partial charge in [-0.1, -0.05) is 29.4 Å². The normalized spacial score (nSPS) is 19.7. The van der Waals surface area contributed by atoms with Crippen LogP contribution in [0.1, 0.15) is 18.9 Å². The molecular formula is C17H14F3N3O3. The van der Waals surface area contributed by atoms with E-state index in [0.717, 1.165) is 11.1 Å². The van der Waals surface area contributed by atoms with Crippen LogP contribution in [-0.4, -0.2) is 33.7 Å². The molecule has 1 atom stereocenters.